The van der Waals surface area contributed by atoms with Crippen molar-refractivity contribution >= 4 is 40.6 Å². The minimum absolute atomic E-state index is 0.00887. The topological polar surface area (TPSA) is 109 Å². The molecule has 1 fully saturated rings. The van der Waals surface area contributed by atoms with Crippen LogP contribution in [0.3, 0.4) is 0 Å². The minimum Gasteiger partial charge on any atom is -0.369 e. The van der Waals surface area contributed by atoms with Crippen molar-refractivity contribution < 1.29 is 14.4 Å². The molecule has 2 aliphatic heterocycles. The van der Waals surface area contributed by atoms with Crippen LogP contribution in [0.4, 0.5) is 11.5 Å². The largest absolute Gasteiger partial charge is 0.369 e. The smallest absolute Gasteiger partial charge is 0.224 e. The Morgan fingerprint density at radius 2 is 2.06 bits per heavy atom. The fourth-order valence-corrected chi connectivity index (χ4v) is 5.02. The van der Waals surface area contributed by atoms with Crippen LogP contribution < -0.4 is 16.0 Å². The van der Waals surface area contributed by atoms with E-state index >= 15 is 0 Å². The highest BCUT2D eigenvalue weighted by Gasteiger charge is 2.25. The van der Waals surface area contributed by atoms with Crippen LogP contribution in [-0.2, 0) is 27.3 Å². The van der Waals surface area contributed by atoms with Gasteiger partial charge in [0.2, 0.25) is 17.7 Å². The first-order chi connectivity index (χ1) is 15.0. The number of nitrogens with zero attached hydrogens (tertiary/aromatic N) is 3. The summed E-state index contributed by atoms with van der Waals surface area (Å²) in [4.78, 5) is 45.9. The highest BCUT2D eigenvalue weighted by atomic mass is 32.1. The summed E-state index contributed by atoms with van der Waals surface area (Å²) >= 11 is 1.74. The molecule has 0 spiro atoms. The Morgan fingerprint density at radius 1 is 1.19 bits per heavy atom. The van der Waals surface area contributed by atoms with Crippen LogP contribution in [-0.4, -0.2) is 47.2 Å². The lowest BCUT2D eigenvalue weighted by Gasteiger charge is -2.32. The summed E-state index contributed by atoms with van der Waals surface area (Å²) in [5, 5.41) is 4.87. The van der Waals surface area contributed by atoms with Crippen LogP contribution in [0.2, 0.25) is 0 Å². The maximum Gasteiger partial charge on any atom is 0.224 e. The number of carbonyl (C=O) groups is 3. The standard InChI is InChI=1S/C22H27N5O3S/c23-22(30)16-2-1-9-26(14-16)19-4-3-17(12-24-19)25-20(28)5-6-21(29)27-10-7-18-15(13-27)8-11-31-18/h3-4,8,11-12,16H,1-2,5-7,9-10,13-14H2,(H2,23,30)(H,25,28). The summed E-state index contributed by atoms with van der Waals surface area (Å²) < 4.78 is 0. The Kier molecular flexibility index (Phi) is 6.50. The molecule has 4 rings (SSSR count). The molecule has 1 unspecified atom stereocenters. The van der Waals surface area contributed by atoms with Crippen molar-refractivity contribution in [2.45, 2.75) is 38.6 Å². The number of nitrogens with one attached hydrogen (secondary N) is 1. The lowest BCUT2D eigenvalue weighted by Crippen LogP contribution is -2.41. The van der Waals surface area contributed by atoms with Gasteiger partial charge in [0, 0.05) is 43.9 Å². The number of carbonyl (C=O) groups excluding carboxylic acids is 3. The van der Waals surface area contributed by atoms with Crippen LogP contribution in [0.25, 0.3) is 0 Å². The maximum atomic E-state index is 12.5. The van der Waals surface area contributed by atoms with Crippen molar-refractivity contribution in [3.63, 3.8) is 0 Å². The number of nitrogens with two attached hydrogens (primary N) is 1. The minimum atomic E-state index is -0.275. The van der Waals surface area contributed by atoms with Crippen molar-refractivity contribution in [1.82, 2.24) is 9.88 Å². The number of amides is 3. The summed E-state index contributed by atoms with van der Waals surface area (Å²) in [6.07, 6.45) is 4.53. The Labute approximate surface area is 185 Å². The van der Waals surface area contributed by atoms with E-state index in [9.17, 15) is 14.4 Å². The number of pyridine rings is 1. The Balaban J connectivity index is 1.24. The van der Waals surface area contributed by atoms with E-state index in [0.717, 1.165) is 31.6 Å². The summed E-state index contributed by atoms with van der Waals surface area (Å²) in [7, 11) is 0. The first-order valence-electron chi connectivity index (χ1n) is 10.6. The molecule has 3 amide bonds. The summed E-state index contributed by atoms with van der Waals surface area (Å²) in [6, 6.07) is 5.69. The molecule has 4 heterocycles. The molecule has 0 aliphatic carbocycles. The normalized spacial score (nSPS) is 18.4. The van der Waals surface area contributed by atoms with Gasteiger partial charge in [-0.2, -0.15) is 0 Å². The van der Waals surface area contributed by atoms with Gasteiger partial charge in [-0.15, -0.1) is 11.3 Å². The van der Waals surface area contributed by atoms with E-state index in [4.69, 9.17) is 5.73 Å². The summed E-state index contributed by atoms with van der Waals surface area (Å²) in [6.45, 7) is 2.75. The van der Waals surface area contributed by atoms with E-state index in [1.165, 1.54) is 10.4 Å². The zero-order valence-electron chi connectivity index (χ0n) is 17.4. The van der Waals surface area contributed by atoms with Gasteiger partial charge in [0.25, 0.3) is 0 Å². The van der Waals surface area contributed by atoms with Gasteiger partial charge >= 0.3 is 0 Å². The number of hydrogen-bond donors (Lipinski definition) is 2. The van der Waals surface area contributed by atoms with Crippen LogP contribution in [0.15, 0.2) is 29.8 Å². The number of piperidine rings is 1. The Morgan fingerprint density at radius 3 is 2.84 bits per heavy atom. The Bertz CT molecular complexity index is 958. The molecular weight excluding hydrogens is 414 g/mol. The molecule has 0 radical (unpaired) electrons. The third-order valence-corrected chi connectivity index (χ3v) is 6.93. The molecule has 164 valence electrons. The highest BCUT2D eigenvalue weighted by Crippen LogP contribution is 2.25. The molecule has 9 heteroatoms. The van der Waals surface area contributed by atoms with Crippen molar-refractivity contribution in [1.29, 1.82) is 0 Å². The third-order valence-electron chi connectivity index (χ3n) is 5.91. The van der Waals surface area contributed by atoms with E-state index in [1.807, 2.05) is 15.9 Å². The molecule has 8 nitrogen and oxygen atoms in total. The number of rotatable bonds is 6. The van der Waals surface area contributed by atoms with Gasteiger partial charge in [-0.25, -0.2) is 4.98 Å². The van der Waals surface area contributed by atoms with Gasteiger partial charge in [0.1, 0.15) is 5.82 Å². The second-order valence-corrected chi connectivity index (χ2v) is 9.08. The van der Waals surface area contributed by atoms with Gasteiger partial charge in [0.15, 0.2) is 0 Å². The van der Waals surface area contributed by atoms with Crippen molar-refractivity contribution in [3.05, 3.63) is 40.2 Å². The van der Waals surface area contributed by atoms with E-state index in [0.29, 0.717) is 25.3 Å². The first-order valence-corrected chi connectivity index (χ1v) is 11.5. The number of thiophene rings is 1. The molecule has 3 N–H and O–H groups in total. The van der Waals surface area contributed by atoms with E-state index in [1.54, 1.807) is 23.6 Å². The van der Waals surface area contributed by atoms with Gasteiger partial charge in [-0.05, 0) is 48.4 Å². The number of aromatic nitrogens is 1. The molecule has 31 heavy (non-hydrogen) atoms. The monoisotopic (exact) mass is 441 g/mol. The Hall–Kier alpha value is -2.94. The molecule has 2 aromatic rings. The number of hydrogen-bond acceptors (Lipinski definition) is 6. The quantitative estimate of drug-likeness (QED) is 0.714. The van der Waals surface area contributed by atoms with E-state index in [-0.39, 0.29) is 36.5 Å². The SMILES string of the molecule is NC(=O)C1CCCN(c2ccc(NC(=O)CCC(=O)N3CCc4sccc4C3)cn2)C1. The van der Waals surface area contributed by atoms with Crippen LogP contribution in [0.5, 0.6) is 0 Å². The molecular formula is C22H27N5O3S. The zero-order valence-corrected chi connectivity index (χ0v) is 18.2. The molecule has 2 aromatic heterocycles. The lowest BCUT2D eigenvalue weighted by molar-refractivity contribution is -0.133. The lowest BCUT2D eigenvalue weighted by atomic mass is 9.97. The third kappa shape index (κ3) is 5.22. The first kappa shape index (κ1) is 21.3. The molecule has 0 bridgehead atoms. The maximum absolute atomic E-state index is 12.5. The molecule has 0 aromatic carbocycles. The van der Waals surface area contributed by atoms with Crippen molar-refractivity contribution in [3.8, 4) is 0 Å². The fourth-order valence-electron chi connectivity index (χ4n) is 4.13. The average Bonchev–Trinajstić information content (AvgIpc) is 3.26. The van der Waals surface area contributed by atoms with Gasteiger partial charge in [-0.1, -0.05) is 0 Å². The number of primary amides is 1. The molecule has 0 saturated carbocycles. The van der Waals surface area contributed by atoms with Gasteiger partial charge < -0.3 is 20.9 Å². The fraction of sp³-hybridized carbons (Fsp3) is 0.455. The average molecular weight is 442 g/mol. The van der Waals surface area contributed by atoms with Gasteiger partial charge in [0.05, 0.1) is 17.8 Å². The van der Waals surface area contributed by atoms with Crippen LogP contribution in [0, 0.1) is 5.92 Å². The zero-order chi connectivity index (χ0) is 21.8. The summed E-state index contributed by atoms with van der Waals surface area (Å²) in [5.74, 6) is 0.136. The summed E-state index contributed by atoms with van der Waals surface area (Å²) in [5.41, 5.74) is 7.25. The van der Waals surface area contributed by atoms with Crippen molar-refractivity contribution in [2.24, 2.45) is 11.7 Å². The van der Waals surface area contributed by atoms with E-state index in [2.05, 4.69) is 21.7 Å². The van der Waals surface area contributed by atoms with Gasteiger partial charge in [-0.3, -0.25) is 14.4 Å². The van der Waals surface area contributed by atoms with E-state index < -0.39 is 0 Å². The molecule has 2 aliphatic rings. The predicted molar refractivity (Wildman–Crippen MR) is 120 cm³/mol. The second-order valence-electron chi connectivity index (χ2n) is 8.08. The van der Waals surface area contributed by atoms with Crippen molar-refractivity contribution in [2.75, 3.05) is 29.9 Å². The predicted octanol–water partition coefficient (Wildman–Crippen LogP) is 2.15. The number of anilines is 2. The van der Waals surface area contributed by atoms with Crippen LogP contribution in [0.1, 0.15) is 36.1 Å². The second kappa shape index (κ2) is 9.47. The molecule has 1 saturated heterocycles. The van der Waals surface area contributed by atoms with Crippen LogP contribution >= 0.6 is 11.3 Å². The molecule has 1 atom stereocenters. The highest BCUT2D eigenvalue weighted by molar-refractivity contribution is 7.10. The number of fused-ring (bicyclic) bond motifs is 1.